The molecule has 2 N–H and O–H groups in total. The number of hydrogen-bond donors (Lipinski definition) is 2. The Morgan fingerprint density at radius 1 is 0.679 bits per heavy atom. The van der Waals surface area contributed by atoms with E-state index in [9.17, 15) is 19.2 Å². The van der Waals surface area contributed by atoms with Gasteiger partial charge in [0.05, 0.1) is 26.1 Å². The molecule has 0 aliphatic heterocycles. The largest absolute Gasteiger partial charge is 0.465 e. The van der Waals surface area contributed by atoms with Gasteiger partial charge < -0.3 is 20.1 Å². The summed E-state index contributed by atoms with van der Waals surface area (Å²) < 4.78 is 10.1. The zero-order chi connectivity index (χ0) is 21.4. The quantitative estimate of drug-likeness (QED) is 0.248. The Kier molecular flexibility index (Phi) is 14.0. The van der Waals surface area contributed by atoms with Crippen molar-refractivity contribution in [2.24, 2.45) is 0 Å². The molecule has 0 aromatic heterocycles. The van der Waals surface area contributed by atoms with Crippen molar-refractivity contribution >= 4 is 23.8 Å². The molecule has 0 unspecified atom stereocenters. The molecule has 0 heterocycles. The lowest BCUT2D eigenvalue weighted by molar-refractivity contribution is -0.144. The van der Waals surface area contributed by atoms with Crippen molar-refractivity contribution in [1.29, 1.82) is 0 Å². The maximum Gasteiger partial charge on any atom is 0.310 e. The first-order chi connectivity index (χ1) is 13.3. The van der Waals surface area contributed by atoms with Crippen molar-refractivity contribution in [2.75, 3.05) is 26.3 Å². The van der Waals surface area contributed by atoms with E-state index >= 15 is 0 Å². The summed E-state index contributed by atoms with van der Waals surface area (Å²) in [7, 11) is 0. The molecule has 0 saturated carbocycles. The van der Waals surface area contributed by atoms with Crippen molar-refractivity contribution in [3.63, 3.8) is 0 Å². The second-order valence-corrected chi connectivity index (χ2v) is 6.13. The van der Waals surface area contributed by atoms with E-state index in [0.29, 0.717) is 25.9 Å². The number of amides is 2. The zero-order valence-electron chi connectivity index (χ0n) is 16.9. The molecule has 2 amide bonds. The van der Waals surface area contributed by atoms with E-state index in [1.54, 1.807) is 13.8 Å². The first-order valence-electron chi connectivity index (χ1n) is 9.54. The highest BCUT2D eigenvalue weighted by Gasteiger charge is 2.13. The minimum Gasteiger partial charge on any atom is -0.465 e. The molecule has 0 spiro atoms. The number of hydrogen-bond acceptors (Lipinski definition) is 6. The number of ether oxygens (including phenoxy) is 2. The van der Waals surface area contributed by atoms with E-state index in [1.165, 1.54) is 0 Å². The standard InChI is InChI=1S/C20H32N2O6/c1-5-21-19(25)15(3)13-17(23)27-11-9-7-8-10-12-28-18(24)14-16(4)20(26)22-6-2/h3-14H2,1-2H3,(H,21,25)(H,22,26). The van der Waals surface area contributed by atoms with Crippen LogP contribution >= 0.6 is 0 Å². The Hall–Kier alpha value is -2.64. The number of esters is 2. The van der Waals surface area contributed by atoms with Crippen molar-refractivity contribution in [3.8, 4) is 0 Å². The van der Waals surface area contributed by atoms with E-state index < -0.39 is 11.9 Å². The number of carbonyl (C=O) groups is 4. The van der Waals surface area contributed by atoms with E-state index in [1.807, 2.05) is 0 Å². The van der Waals surface area contributed by atoms with Gasteiger partial charge in [0.1, 0.15) is 0 Å². The fraction of sp³-hybridized carbons (Fsp3) is 0.600. The molecule has 0 aliphatic rings. The van der Waals surface area contributed by atoms with Crippen LogP contribution in [0, 0.1) is 0 Å². The van der Waals surface area contributed by atoms with E-state index in [0.717, 1.165) is 12.8 Å². The second-order valence-electron chi connectivity index (χ2n) is 6.13. The third-order valence-electron chi connectivity index (χ3n) is 3.60. The molecule has 0 aromatic rings. The summed E-state index contributed by atoms with van der Waals surface area (Å²) in [5.74, 6) is -1.64. The molecule has 28 heavy (non-hydrogen) atoms. The maximum absolute atomic E-state index is 11.6. The average Bonchev–Trinajstić information content (AvgIpc) is 2.64. The Morgan fingerprint density at radius 3 is 1.36 bits per heavy atom. The number of likely N-dealkylation sites (N-methyl/N-ethyl adjacent to an activating group) is 2. The minimum absolute atomic E-state index is 0.122. The summed E-state index contributed by atoms with van der Waals surface area (Å²) in [4.78, 5) is 46.1. The molecule has 8 nitrogen and oxygen atoms in total. The van der Waals surface area contributed by atoms with Gasteiger partial charge in [0.25, 0.3) is 0 Å². The van der Waals surface area contributed by atoms with Crippen LogP contribution in [0.1, 0.15) is 52.4 Å². The Bertz CT molecular complexity index is 521. The van der Waals surface area contributed by atoms with E-state index in [4.69, 9.17) is 9.47 Å². The summed E-state index contributed by atoms with van der Waals surface area (Å²) in [5.41, 5.74) is 0.368. The fourth-order valence-corrected chi connectivity index (χ4v) is 2.11. The molecular formula is C20H32N2O6. The second kappa shape index (κ2) is 15.4. The van der Waals surface area contributed by atoms with Crippen molar-refractivity contribution in [3.05, 3.63) is 24.3 Å². The predicted molar refractivity (Wildman–Crippen MR) is 105 cm³/mol. The Labute approximate surface area is 166 Å². The van der Waals surface area contributed by atoms with Crippen LogP contribution < -0.4 is 10.6 Å². The van der Waals surface area contributed by atoms with Gasteiger partial charge in [-0.15, -0.1) is 0 Å². The lowest BCUT2D eigenvalue weighted by Gasteiger charge is -2.08. The highest BCUT2D eigenvalue weighted by atomic mass is 16.5. The highest BCUT2D eigenvalue weighted by molar-refractivity contribution is 5.97. The molecule has 0 saturated heterocycles. The van der Waals surface area contributed by atoms with E-state index in [2.05, 4.69) is 23.8 Å². The van der Waals surface area contributed by atoms with Crippen molar-refractivity contribution < 1.29 is 28.7 Å². The third-order valence-corrected chi connectivity index (χ3v) is 3.60. The Morgan fingerprint density at radius 2 is 1.04 bits per heavy atom. The number of carbonyl (C=O) groups excluding carboxylic acids is 4. The van der Waals surface area contributed by atoms with Crippen LogP contribution in [0.2, 0.25) is 0 Å². The summed E-state index contributed by atoms with van der Waals surface area (Å²) in [5, 5.41) is 5.14. The lowest BCUT2D eigenvalue weighted by atomic mass is 10.2. The van der Waals surface area contributed by atoms with Gasteiger partial charge in [-0.1, -0.05) is 13.2 Å². The number of unbranched alkanes of at least 4 members (excludes halogenated alkanes) is 3. The summed E-state index contributed by atoms with van der Waals surface area (Å²) in [6.45, 7) is 12.2. The molecule has 0 rings (SSSR count). The summed E-state index contributed by atoms with van der Waals surface area (Å²) in [6.07, 6.45) is 2.75. The van der Waals surface area contributed by atoms with Crippen LogP contribution in [-0.2, 0) is 28.7 Å². The van der Waals surface area contributed by atoms with Crippen LogP contribution in [0.5, 0.6) is 0 Å². The first-order valence-corrected chi connectivity index (χ1v) is 9.54. The van der Waals surface area contributed by atoms with Gasteiger partial charge in [0, 0.05) is 24.2 Å². The zero-order valence-corrected chi connectivity index (χ0v) is 16.9. The van der Waals surface area contributed by atoms with Gasteiger partial charge in [0.2, 0.25) is 11.8 Å². The molecular weight excluding hydrogens is 364 g/mol. The highest BCUT2D eigenvalue weighted by Crippen LogP contribution is 2.05. The van der Waals surface area contributed by atoms with Crippen LogP contribution in [0.25, 0.3) is 0 Å². The normalized spacial score (nSPS) is 9.93. The first kappa shape index (κ1) is 25.4. The predicted octanol–water partition coefficient (Wildman–Crippen LogP) is 1.80. The van der Waals surface area contributed by atoms with Crippen LogP contribution in [0.4, 0.5) is 0 Å². The maximum atomic E-state index is 11.6. The van der Waals surface area contributed by atoms with Gasteiger partial charge >= 0.3 is 11.9 Å². The van der Waals surface area contributed by atoms with Crippen molar-refractivity contribution in [2.45, 2.75) is 52.4 Å². The molecule has 0 aliphatic carbocycles. The topological polar surface area (TPSA) is 111 Å². The van der Waals surface area contributed by atoms with Crippen molar-refractivity contribution in [1.82, 2.24) is 10.6 Å². The number of nitrogens with one attached hydrogen (secondary N) is 2. The van der Waals surface area contributed by atoms with Gasteiger partial charge in [0.15, 0.2) is 0 Å². The molecule has 0 aromatic carbocycles. The third kappa shape index (κ3) is 12.7. The van der Waals surface area contributed by atoms with Gasteiger partial charge in [-0.2, -0.15) is 0 Å². The summed E-state index contributed by atoms with van der Waals surface area (Å²) in [6, 6.07) is 0. The minimum atomic E-state index is -0.475. The molecule has 8 heteroatoms. The van der Waals surface area contributed by atoms with Gasteiger partial charge in [-0.3, -0.25) is 19.2 Å². The molecule has 0 fully saturated rings. The molecule has 0 radical (unpaired) electrons. The van der Waals surface area contributed by atoms with E-state index in [-0.39, 0.29) is 49.0 Å². The Balaban J connectivity index is 3.66. The van der Waals surface area contributed by atoms with Crippen LogP contribution in [-0.4, -0.2) is 50.1 Å². The van der Waals surface area contributed by atoms with Crippen LogP contribution in [0.3, 0.4) is 0 Å². The average molecular weight is 396 g/mol. The molecule has 158 valence electrons. The van der Waals surface area contributed by atoms with Gasteiger partial charge in [-0.05, 0) is 39.5 Å². The van der Waals surface area contributed by atoms with Crippen LogP contribution in [0.15, 0.2) is 24.3 Å². The lowest BCUT2D eigenvalue weighted by Crippen LogP contribution is -2.25. The fourth-order valence-electron chi connectivity index (χ4n) is 2.11. The van der Waals surface area contributed by atoms with Gasteiger partial charge in [-0.25, -0.2) is 0 Å². The molecule has 0 bridgehead atoms. The monoisotopic (exact) mass is 396 g/mol. The molecule has 0 atom stereocenters. The summed E-state index contributed by atoms with van der Waals surface area (Å²) >= 11 is 0. The smallest absolute Gasteiger partial charge is 0.310 e. The number of rotatable bonds is 15. The SMILES string of the molecule is C=C(CC(=O)OCCCCCCOC(=O)CC(=C)C(=O)NCC)C(=O)NCC.